The summed E-state index contributed by atoms with van der Waals surface area (Å²) in [6.45, 7) is 6.61. The molecule has 0 radical (unpaired) electrons. The van der Waals surface area contributed by atoms with Gasteiger partial charge in [-0.05, 0) is 51.0 Å². The number of rotatable bonds is 4. The number of ether oxygens (including phenoxy) is 1. The third-order valence-electron chi connectivity index (χ3n) is 4.74. The normalized spacial score (nSPS) is 17.7. The molecule has 4 nitrogen and oxygen atoms in total. The summed E-state index contributed by atoms with van der Waals surface area (Å²) in [6.07, 6.45) is 3.47. The molecule has 1 aliphatic heterocycles. The van der Waals surface area contributed by atoms with Crippen LogP contribution in [0.3, 0.4) is 0 Å². The van der Waals surface area contributed by atoms with E-state index >= 15 is 0 Å². The van der Waals surface area contributed by atoms with E-state index in [4.69, 9.17) is 4.74 Å². The van der Waals surface area contributed by atoms with E-state index in [0.29, 0.717) is 12.3 Å². The average molecular weight is 429 g/mol. The van der Waals surface area contributed by atoms with Crippen molar-refractivity contribution in [2.45, 2.75) is 45.1 Å². The lowest BCUT2D eigenvalue weighted by Gasteiger charge is -2.20. The van der Waals surface area contributed by atoms with Gasteiger partial charge in [-0.15, -0.1) is 0 Å². The van der Waals surface area contributed by atoms with Gasteiger partial charge in [0.15, 0.2) is 0 Å². The highest BCUT2D eigenvalue weighted by atomic mass is 79.9. The minimum absolute atomic E-state index is 0.0197. The Hall–Kier alpha value is -2.14. The number of nitrogens with one attached hydrogen (secondary N) is 1. The van der Waals surface area contributed by atoms with Gasteiger partial charge in [-0.3, -0.25) is 4.79 Å². The number of hydrogen-bond donors (Lipinski definition) is 1. The molecule has 1 N–H and O–H groups in total. The van der Waals surface area contributed by atoms with Crippen LogP contribution in [0.15, 0.2) is 46.9 Å². The molecule has 1 atom stereocenters. The number of carbonyl (C=O) groups excluding carboxylic acids is 1. The average Bonchev–Trinajstić information content (AvgIpc) is 3.05. The summed E-state index contributed by atoms with van der Waals surface area (Å²) in [6, 6.07) is 12.5. The number of aromatic nitrogens is 1. The lowest BCUT2D eigenvalue weighted by Crippen LogP contribution is -2.23. The quantitative estimate of drug-likeness (QED) is 0.755. The second kappa shape index (κ2) is 7.85. The van der Waals surface area contributed by atoms with Gasteiger partial charge in [-0.2, -0.15) is 0 Å². The van der Waals surface area contributed by atoms with E-state index in [1.165, 1.54) is 5.56 Å². The molecular formula is C22H25BrN2O2. The second-order valence-electron chi connectivity index (χ2n) is 7.81. The minimum Gasteiger partial charge on any atom is -0.480 e. The number of amides is 1. The highest BCUT2D eigenvalue weighted by Gasteiger charge is 2.21. The van der Waals surface area contributed by atoms with Crippen LogP contribution in [0.1, 0.15) is 50.4 Å². The van der Waals surface area contributed by atoms with Gasteiger partial charge in [-0.25, -0.2) is 4.98 Å². The maximum absolute atomic E-state index is 11.6. The van der Waals surface area contributed by atoms with Crippen molar-refractivity contribution in [2.75, 3.05) is 7.11 Å². The standard InChI is InChI=1S/C22H25BrN2O2/c1-22(2,3)15-7-5-14(6-8-15)17(13-16-9-12-20(26)24-16)19-11-10-18(23)21(25-19)27-4/h5-8,10-11,13,16H,9,12H2,1-4H3,(H,24,26)/t16-/m1/s1. The first kappa shape index (κ1) is 19.6. The summed E-state index contributed by atoms with van der Waals surface area (Å²) in [5, 5.41) is 3.02. The van der Waals surface area contributed by atoms with Gasteiger partial charge >= 0.3 is 0 Å². The maximum Gasteiger partial charge on any atom is 0.228 e. The van der Waals surface area contributed by atoms with E-state index in [2.05, 4.69) is 77.3 Å². The molecule has 1 fully saturated rings. The van der Waals surface area contributed by atoms with E-state index in [1.807, 2.05) is 12.1 Å². The SMILES string of the molecule is COc1nc(C(=C[C@H]2CCC(=O)N2)c2ccc(C(C)(C)C)cc2)ccc1Br. The van der Waals surface area contributed by atoms with Crippen LogP contribution in [0.25, 0.3) is 5.57 Å². The van der Waals surface area contributed by atoms with Gasteiger partial charge in [0, 0.05) is 18.0 Å². The lowest BCUT2D eigenvalue weighted by molar-refractivity contribution is -0.119. The van der Waals surface area contributed by atoms with Gasteiger partial charge in [0.25, 0.3) is 0 Å². The molecule has 0 saturated carbocycles. The molecule has 5 heteroatoms. The van der Waals surface area contributed by atoms with Crippen molar-refractivity contribution in [3.63, 3.8) is 0 Å². The highest BCUT2D eigenvalue weighted by Crippen LogP contribution is 2.31. The molecule has 1 aromatic heterocycles. The van der Waals surface area contributed by atoms with Crippen molar-refractivity contribution in [2.24, 2.45) is 0 Å². The highest BCUT2D eigenvalue weighted by molar-refractivity contribution is 9.10. The first-order valence-electron chi connectivity index (χ1n) is 9.11. The summed E-state index contributed by atoms with van der Waals surface area (Å²) in [7, 11) is 1.61. The summed E-state index contributed by atoms with van der Waals surface area (Å²) in [5.74, 6) is 0.639. The number of methoxy groups -OCH3 is 1. The van der Waals surface area contributed by atoms with Crippen molar-refractivity contribution >= 4 is 27.4 Å². The fraction of sp³-hybridized carbons (Fsp3) is 0.364. The van der Waals surface area contributed by atoms with E-state index in [-0.39, 0.29) is 17.4 Å². The van der Waals surface area contributed by atoms with Gasteiger partial charge in [0.05, 0.1) is 17.3 Å². The number of halogens is 1. The van der Waals surface area contributed by atoms with Crippen molar-refractivity contribution in [3.8, 4) is 5.88 Å². The first-order valence-corrected chi connectivity index (χ1v) is 9.90. The number of nitrogens with zero attached hydrogens (tertiary/aromatic N) is 1. The van der Waals surface area contributed by atoms with Gasteiger partial charge in [-0.1, -0.05) is 51.1 Å². The van der Waals surface area contributed by atoms with Crippen LogP contribution >= 0.6 is 15.9 Å². The molecule has 1 saturated heterocycles. The lowest BCUT2D eigenvalue weighted by atomic mass is 9.86. The molecular weight excluding hydrogens is 404 g/mol. The predicted octanol–water partition coefficient (Wildman–Crippen LogP) is 4.86. The Balaban J connectivity index is 2.05. The Bertz CT molecular complexity index is 867. The van der Waals surface area contributed by atoms with Crippen molar-refractivity contribution < 1.29 is 9.53 Å². The Labute approximate surface area is 169 Å². The zero-order valence-corrected chi connectivity index (χ0v) is 17.8. The fourth-order valence-electron chi connectivity index (χ4n) is 3.16. The molecule has 3 rings (SSSR count). The molecule has 1 aromatic carbocycles. The maximum atomic E-state index is 11.6. The van der Waals surface area contributed by atoms with Crippen LogP contribution < -0.4 is 10.1 Å². The first-order chi connectivity index (χ1) is 12.8. The number of pyridine rings is 1. The third kappa shape index (κ3) is 4.59. The molecule has 0 aliphatic carbocycles. The molecule has 2 heterocycles. The van der Waals surface area contributed by atoms with Gasteiger partial charge < -0.3 is 10.1 Å². The van der Waals surface area contributed by atoms with E-state index in [9.17, 15) is 4.79 Å². The van der Waals surface area contributed by atoms with E-state index in [1.54, 1.807) is 7.11 Å². The molecule has 0 spiro atoms. The summed E-state index contributed by atoms with van der Waals surface area (Å²) >= 11 is 3.46. The molecule has 0 bridgehead atoms. The van der Waals surface area contributed by atoms with Crippen LogP contribution in [0.5, 0.6) is 5.88 Å². The number of benzene rings is 1. The molecule has 1 aliphatic rings. The second-order valence-corrected chi connectivity index (χ2v) is 8.66. The molecule has 2 aromatic rings. The van der Waals surface area contributed by atoms with Gasteiger partial charge in [0.2, 0.25) is 11.8 Å². The summed E-state index contributed by atoms with van der Waals surface area (Å²) in [5.41, 5.74) is 4.26. The van der Waals surface area contributed by atoms with E-state index < -0.39 is 0 Å². The van der Waals surface area contributed by atoms with Gasteiger partial charge in [0.1, 0.15) is 0 Å². The van der Waals surface area contributed by atoms with Crippen LogP contribution in [0, 0.1) is 0 Å². The topological polar surface area (TPSA) is 51.2 Å². The summed E-state index contributed by atoms with van der Waals surface area (Å²) in [4.78, 5) is 16.3. The predicted molar refractivity (Wildman–Crippen MR) is 112 cm³/mol. The monoisotopic (exact) mass is 428 g/mol. The number of hydrogen-bond acceptors (Lipinski definition) is 3. The van der Waals surface area contributed by atoms with E-state index in [0.717, 1.165) is 27.7 Å². The molecule has 142 valence electrons. The van der Waals surface area contributed by atoms with Crippen molar-refractivity contribution in [1.82, 2.24) is 10.3 Å². The molecule has 1 amide bonds. The zero-order valence-electron chi connectivity index (χ0n) is 16.2. The summed E-state index contributed by atoms with van der Waals surface area (Å²) < 4.78 is 6.18. The Morgan fingerprint density at radius 1 is 1.22 bits per heavy atom. The Morgan fingerprint density at radius 3 is 2.48 bits per heavy atom. The fourth-order valence-corrected chi connectivity index (χ4v) is 3.54. The minimum atomic E-state index is 0.0197. The van der Waals surface area contributed by atoms with Crippen LogP contribution in [0.4, 0.5) is 0 Å². The largest absolute Gasteiger partial charge is 0.480 e. The van der Waals surface area contributed by atoms with Crippen molar-refractivity contribution in [3.05, 3.63) is 63.8 Å². The van der Waals surface area contributed by atoms with Crippen LogP contribution in [-0.2, 0) is 10.2 Å². The van der Waals surface area contributed by atoms with Crippen LogP contribution in [-0.4, -0.2) is 24.0 Å². The zero-order chi connectivity index (χ0) is 19.6. The molecule has 0 unspecified atom stereocenters. The smallest absolute Gasteiger partial charge is 0.228 e. The Morgan fingerprint density at radius 2 is 1.93 bits per heavy atom. The number of carbonyl (C=O) groups is 1. The van der Waals surface area contributed by atoms with Crippen LogP contribution in [0.2, 0.25) is 0 Å². The molecule has 27 heavy (non-hydrogen) atoms. The third-order valence-corrected chi connectivity index (χ3v) is 5.35. The van der Waals surface area contributed by atoms with Crippen molar-refractivity contribution in [1.29, 1.82) is 0 Å². The Kier molecular flexibility index (Phi) is 5.70.